The number of nitrogens with zero attached hydrogens (tertiary/aromatic N) is 1. The first-order valence-electron chi connectivity index (χ1n) is 5.15. The van der Waals surface area contributed by atoms with Gasteiger partial charge in [-0.05, 0) is 20.8 Å². The zero-order valence-electron chi connectivity index (χ0n) is 10.4. The van der Waals surface area contributed by atoms with E-state index in [2.05, 4.69) is 5.92 Å². The maximum atomic E-state index is 11.7. The van der Waals surface area contributed by atoms with Crippen molar-refractivity contribution in [2.45, 2.75) is 26.7 Å². The standard InChI is InChI=1S/C13H17NO2/c1-7-8(2)11-9(3)14(5)10(4)12(11)13(15)16-6/h1,8H,2-6H3. The highest BCUT2D eigenvalue weighted by Gasteiger charge is 2.24. The first-order chi connectivity index (χ1) is 7.45. The van der Waals surface area contributed by atoms with E-state index in [0.717, 1.165) is 17.0 Å². The van der Waals surface area contributed by atoms with Crippen LogP contribution in [0.25, 0.3) is 0 Å². The zero-order chi connectivity index (χ0) is 12.5. The fourth-order valence-corrected chi connectivity index (χ4v) is 1.95. The number of ether oxygens (including phenoxy) is 1. The number of carbonyl (C=O) groups excluding carboxylic acids is 1. The molecule has 16 heavy (non-hydrogen) atoms. The second-order valence-electron chi connectivity index (χ2n) is 3.90. The summed E-state index contributed by atoms with van der Waals surface area (Å²) < 4.78 is 6.77. The van der Waals surface area contributed by atoms with Crippen LogP contribution in [0.15, 0.2) is 0 Å². The van der Waals surface area contributed by atoms with Crippen LogP contribution in [-0.4, -0.2) is 17.6 Å². The van der Waals surface area contributed by atoms with Gasteiger partial charge < -0.3 is 9.30 Å². The lowest BCUT2D eigenvalue weighted by molar-refractivity contribution is 0.0598. The molecule has 1 atom stereocenters. The van der Waals surface area contributed by atoms with Crippen molar-refractivity contribution >= 4 is 5.97 Å². The smallest absolute Gasteiger partial charge is 0.340 e. The van der Waals surface area contributed by atoms with Crippen LogP contribution in [0.3, 0.4) is 0 Å². The fraction of sp³-hybridized carbons (Fsp3) is 0.462. The summed E-state index contributed by atoms with van der Waals surface area (Å²) in [5.74, 6) is 2.25. The molecule has 1 rings (SSSR count). The van der Waals surface area contributed by atoms with E-state index in [4.69, 9.17) is 11.2 Å². The van der Waals surface area contributed by atoms with Crippen molar-refractivity contribution in [3.63, 3.8) is 0 Å². The van der Waals surface area contributed by atoms with Crippen molar-refractivity contribution < 1.29 is 9.53 Å². The van der Waals surface area contributed by atoms with Crippen molar-refractivity contribution in [2.24, 2.45) is 7.05 Å². The molecule has 0 N–H and O–H groups in total. The Balaban J connectivity index is 3.52. The summed E-state index contributed by atoms with van der Waals surface area (Å²) in [5, 5.41) is 0. The molecular formula is C13H17NO2. The van der Waals surface area contributed by atoms with E-state index in [1.54, 1.807) is 0 Å². The summed E-state index contributed by atoms with van der Waals surface area (Å²) in [6, 6.07) is 0. The molecule has 3 heteroatoms. The lowest BCUT2D eigenvalue weighted by Crippen LogP contribution is -2.07. The molecule has 1 unspecified atom stereocenters. The molecule has 0 saturated heterocycles. The number of rotatable bonds is 2. The molecule has 0 spiro atoms. The van der Waals surface area contributed by atoms with Gasteiger partial charge in [-0.2, -0.15) is 0 Å². The van der Waals surface area contributed by atoms with E-state index >= 15 is 0 Å². The van der Waals surface area contributed by atoms with Crippen molar-refractivity contribution in [1.29, 1.82) is 0 Å². The molecule has 0 saturated carbocycles. The maximum Gasteiger partial charge on any atom is 0.340 e. The first kappa shape index (κ1) is 12.4. The molecule has 1 aromatic heterocycles. The van der Waals surface area contributed by atoms with E-state index < -0.39 is 0 Å². The topological polar surface area (TPSA) is 31.2 Å². The van der Waals surface area contributed by atoms with Gasteiger partial charge in [0.25, 0.3) is 0 Å². The van der Waals surface area contributed by atoms with Crippen molar-refractivity contribution in [1.82, 2.24) is 4.57 Å². The highest BCUT2D eigenvalue weighted by atomic mass is 16.5. The number of carbonyl (C=O) groups is 1. The molecule has 0 fully saturated rings. The molecule has 0 aliphatic rings. The Labute approximate surface area is 96.4 Å². The van der Waals surface area contributed by atoms with Gasteiger partial charge in [0.15, 0.2) is 0 Å². The van der Waals surface area contributed by atoms with Crippen LogP contribution in [0, 0.1) is 26.2 Å². The van der Waals surface area contributed by atoms with Crippen LogP contribution in [0.5, 0.6) is 0 Å². The Kier molecular flexibility index (Phi) is 3.44. The third kappa shape index (κ3) is 1.71. The summed E-state index contributed by atoms with van der Waals surface area (Å²) in [6.07, 6.45) is 5.43. The van der Waals surface area contributed by atoms with Crippen LogP contribution < -0.4 is 0 Å². The van der Waals surface area contributed by atoms with Crippen LogP contribution in [0.4, 0.5) is 0 Å². The third-order valence-electron chi connectivity index (χ3n) is 3.10. The van der Waals surface area contributed by atoms with Gasteiger partial charge in [-0.3, -0.25) is 0 Å². The molecule has 0 radical (unpaired) electrons. The fourth-order valence-electron chi connectivity index (χ4n) is 1.95. The van der Waals surface area contributed by atoms with Gasteiger partial charge in [-0.1, -0.05) is 5.92 Å². The van der Waals surface area contributed by atoms with Crippen LogP contribution in [0.2, 0.25) is 0 Å². The van der Waals surface area contributed by atoms with Gasteiger partial charge in [0.2, 0.25) is 0 Å². The van der Waals surface area contributed by atoms with Crippen LogP contribution in [0.1, 0.15) is 40.2 Å². The molecule has 1 heterocycles. The number of esters is 1. The molecule has 0 aromatic carbocycles. The molecule has 0 bridgehead atoms. The normalized spacial score (nSPS) is 12.0. The lowest BCUT2D eigenvalue weighted by Gasteiger charge is -2.07. The molecule has 86 valence electrons. The van der Waals surface area contributed by atoms with Crippen molar-refractivity contribution in [3.05, 3.63) is 22.5 Å². The van der Waals surface area contributed by atoms with Crippen molar-refractivity contribution in [3.8, 4) is 12.3 Å². The Morgan fingerprint density at radius 1 is 1.44 bits per heavy atom. The molecule has 0 amide bonds. The largest absolute Gasteiger partial charge is 0.465 e. The monoisotopic (exact) mass is 219 g/mol. The lowest BCUT2D eigenvalue weighted by atomic mass is 9.97. The van der Waals surface area contributed by atoms with E-state index in [1.807, 2.05) is 32.4 Å². The number of hydrogen-bond donors (Lipinski definition) is 0. The SMILES string of the molecule is C#CC(C)c1c(C(=O)OC)c(C)n(C)c1C. The summed E-state index contributed by atoms with van der Waals surface area (Å²) in [5.41, 5.74) is 3.41. The van der Waals surface area contributed by atoms with Gasteiger partial charge in [0.05, 0.1) is 12.7 Å². The van der Waals surface area contributed by atoms with Gasteiger partial charge >= 0.3 is 5.97 Å². The second-order valence-corrected chi connectivity index (χ2v) is 3.90. The van der Waals surface area contributed by atoms with Crippen LogP contribution in [-0.2, 0) is 11.8 Å². The molecule has 0 aliphatic carbocycles. The minimum atomic E-state index is -0.321. The Morgan fingerprint density at radius 3 is 2.44 bits per heavy atom. The highest BCUT2D eigenvalue weighted by molar-refractivity contribution is 5.93. The summed E-state index contributed by atoms with van der Waals surface area (Å²) in [7, 11) is 3.30. The summed E-state index contributed by atoms with van der Waals surface area (Å²) in [4.78, 5) is 11.7. The van der Waals surface area contributed by atoms with E-state index in [1.165, 1.54) is 7.11 Å². The Morgan fingerprint density at radius 2 is 2.00 bits per heavy atom. The second kappa shape index (κ2) is 4.44. The number of hydrogen-bond acceptors (Lipinski definition) is 2. The van der Waals surface area contributed by atoms with Gasteiger partial charge in [0.1, 0.15) is 0 Å². The zero-order valence-corrected chi connectivity index (χ0v) is 10.4. The number of aromatic nitrogens is 1. The predicted octanol–water partition coefficient (Wildman–Crippen LogP) is 2.17. The first-order valence-corrected chi connectivity index (χ1v) is 5.15. The average molecular weight is 219 g/mol. The Bertz CT molecular complexity index is 463. The number of methoxy groups -OCH3 is 1. The molecular weight excluding hydrogens is 202 g/mol. The number of terminal acetylenes is 1. The third-order valence-corrected chi connectivity index (χ3v) is 3.10. The maximum absolute atomic E-state index is 11.7. The van der Waals surface area contributed by atoms with Gasteiger partial charge in [0, 0.05) is 29.9 Å². The average Bonchev–Trinajstić information content (AvgIpc) is 2.51. The predicted molar refractivity (Wildman–Crippen MR) is 63.5 cm³/mol. The quantitative estimate of drug-likeness (QED) is 0.564. The van der Waals surface area contributed by atoms with E-state index in [9.17, 15) is 4.79 Å². The molecule has 0 aliphatic heterocycles. The van der Waals surface area contributed by atoms with Gasteiger partial charge in [-0.25, -0.2) is 4.79 Å². The molecule has 3 nitrogen and oxygen atoms in total. The van der Waals surface area contributed by atoms with Crippen molar-refractivity contribution in [2.75, 3.05) is 7.11 Å². The minimum Gasteiger partial charge on any atom is -0.465 e. The highest BCUT2D eigenvalue weighted by Crippen LogP contribution is 2.28. The Hall–Kier alpha value is -1.69. The minimum absolute atomic E-state index is 0.0889. The van der Waals surface area contributed by atoms with Gasteiger partial charge in [-0.15, -0.1) is 6.42 Å². The van der Waals surface area contributed by atoms with Crippen LogP contribution >= 0.6 is 0 Å². The van der Waals surface area contributed by atoms with E-state index in [-0.39, 0.29) is 11.9 Å². The summed E-state index contributed by atoms with van der Waals surface area (Å²) in [6.45, 7) is 5.77. The van der Waals surface area contributed by atoms with E-state index in [0.29, 0.717) is 5.56 Å². The summed E-state index contributed by atoms with van der Waals surface area (Å²) >= 11 is 0. The molecule has 1 aromatic rings.